The first-order valence-electron chi connectivity index (χ1n) is 7.45. The summed E-state index contributed by atoms with van der Waals surface area (Å²) in [6.45, 7) is 1.01. The Hall–Kier alpha value is -2.31. The number of nitrogens with zero attached hydrogens (tertiary/aromatic N) is 1. The lowest BCUT2D eigenvalue weighted by Crippen LogP contribution is -2.33. The summed E-state index contributed by atoms with van der Waals surface area (Å²) in [5, 5.41) is 13.7. The van der Waals surface area contributed by atoms with Crippen LogP contribution in [0.3, 0.4) is 0 Å². The molecule has 2 heterocycles. The van der Waals surface area contributed by atoms with Crippen LogP contribution in [0.1, 0.15) is 9.75 Å². The van der Waals surface area contributed by atoms with Gasteiger partial charge in [0.2, 0.25) is 0 Å². The zero-order valence-electron chi connectivity index (χ0n) is 12.9. The molecular formula is C18H17NO3S2. The highest BCUT2D eigenvalue weighted by Gasteiger charge is 2.17. The molecule has 0 bridgehead atoms. The lowest BCUT2D eigenvalue weighted by Gasteiger charge is -2.21. The number of phenolic OH excluding ortho intramolecular Hbond substituents is 1. The number of rotatable bonds is 7. The second-order valence-electron chi connectivity index (χ2n) is 5.16. The summed E-state index contributed by atoms with van der Waals surface area (Å²) in [4.78, 5) is 16.6. The van der Waals surface area contributed by atoms with E-state index in [1.54, 1.807) is 45.8 Å². The number of thiophene rings is 2. The average molecular weight is 359 g/mol. The van der Waals surface area contributed by atoms with Crippen molar-refractivity contribution in [2.24, 2.45) is 0 Å². The number of aromatic hydroxyl groups is 1. The number of para-hydroxylation sites is 2. The zero-order chi connectivity index (χ0) is 16.8. The molecule has 0 saturated carbocycles. The van der Waals surface area contributed by atoms with Crippen molar-refractivity contribution < 1.29 is 14.6 Å². The average Bonchev–Trinajstić information content (AvgIpc) is 3.27. The Balaban J connectivity index is 1.67. The smallest absolute Gasteiger partial charge is 0.261 e. The highest BCUT2D eigenvalue weighted by Crippen LogP contribution is 2.24. The van der Waals surface area contributed by atoms with Crippen LogP contribution < -0.4 is 4.74 Å². The van der Waals surface area contributed by atoms with E-state index in [9.17, 15) is 9.90 Å². The van der Waals surface area contributed by atoms with Gasteiger partial charge in [0.25, 0.3) is 5.91 Å². The minimum Gasteiger partial charge on any atom is -0.504 e. The summed E-state index contributed by atoms with van der Waals surface area (Å²) in [6.07, 6.45) is 0. The molecule has 3 aromatic rings. The summed E-state index contributed by atoms with van der Waals surface area (Å²) < 4.78 is 5.48. The molecule has 3 rings (SSSR count). The molecule has 1 N–H and O–H groups in total. The summed E-state index contributed by atoms with van der Waals surface area (Å²) in [5.41, 5.74) is 0. The van der Waals surface area contributed by atoms with Crippen LogP contribution in [-0.2, 0) is 17.9 Å². The van der Waals surface area contributed by atoms with Gasteiger partial charge in [0, 0.05) is 9.75 Å². The largest absolute Gasteiger partial charge is 0.504 e. The van der Waals surface area contributed by atoms with Crippen molar-refractivity contribution >= 4 is 28.6 Å². The van der Waals surface area contributed by atoms with Gasteiger partial charge in [-0.25, -0.2) is 0 Å². The minimum absolute atomic E-state index is 0.0355. The highest BCUT2D eigenvalue weighted by atomic mass is 32.1. The highest BCUT2D eigenvalue weighted by molar-refractivity contribution is 7.10. The molecule has 1 amide bonds. The zero-order valence-corrected chi connectivity index (χ0v) is 14.6. The molecule has 0 radical (unpaired) electrons. The van der Waals surface area contributed by atoms with E-state index in [0.717, 1.165) is 9.75 Å². The van der Waals surface area contributed by atoms with Crippen molar-refractivity contribution in [2.45, 2.75) is 13.1 Å². The third kappa shape index (κ3) is 4.37. The van der Waals surface area contributed by atoms with Gasteiger partial charge in [-0.1, -0.05) is 24.3 Å². The molecule has 6 heteroatoms. The number of ether oxygens (including phenoxy) is 1. The maximum Gasteiger partial charge on any atom is 0.261 e. The van der Waals surface area contributed by atoms with Gasteiger partial charge >= 0.3 is 0 Å². The monoisotopic (exact) mass is 359 g/mol. The lowest BCUT2D eigenvalue weighted by molar-refractivity contribution is -0.134. The number of amides is 1. The number of phenols is 1. The molecule has 124 valence electrons. The molecule has 0 aliphatic carbocycles. The summed E-state index contributed by atoms with van der Waals surface area (Å²) in [7, 11) is 0. The molecule has 0 saturated heterocycles. The second kappa shape index (κ2) is 7.99. The molecule has 0 fully saturated rings. The van der Waals surface area contributed by atoms with Gasteiger partial charge < -0.3 is 14.7 Å². The van der Waals surface area contributed by atoms with Crippen LogP contribution in [0.4, 0.5) is 0 Å². The summed E-state index contributed by atoms with van der Waals surface area (Å²) in [5.74, 6) is 0.242. The maximum atomic E-state index is 12.6. The van der Waals surface area contributed by atoms with E-state index in [4.69, 9.17) is 4.74 Å². The predicted octanol–water partition coefficient (Wildman–Crippen LogP) is 4.12. The third-order valence-corrected chi connectivity index (χ3v) is 5.15. The fourth-order valence-corrected chi connectivity index (χ4v) is 3.66. The van der Waals surface area contributed by atoms with Gasteiger partial charge in [-0.2, -0.15) is 0 Å². The van der Waals surface area contributed by atoms with Gasteiger partial charge in [0.05, 0.1) is 13.1 Å². The van der Waals surface area contributed by atoms with Crippen LogP contribution in [0.5, 0.6) is 11.5 Å². The van der Waals surface area contributed by atoms with E-state index < -0.39 is 0 Å². The van der Waals surface area contributed by atoms with E-state index in [1.807, 2.05) is 35.0 Å². The van der Waals surface area contributed by atoms with Crippen molar-refractivity contribution in [2.75, 3.05) is 6.61 Å². The van der Waals surface area contributed by atoms with Gasteiger partial charge in [-0.05, 0) is 35.0 Å². The maximum absolute atomic E-state index is 12.6. The molecule has 0 aliphatic rings. The van der Waals surface area contributed by atoms with Crippen LogP contribution in [0.2, 0.25) is 0 Å². The topological polar surface area (TPSA) is 49.8 Å². The molecular weight excluding hydrogens is 342 g/mol. The number of hydrogen-bond donors (Lipinski definition) is 1. The number of carbonyl (C=O) groups is 1. The standard InChI is InChI=1S/C18H17NO3S2/c20-16-7-1-2-8-17(16)22-13-18(21)19(11-14-5-3-9-23-14)12-15-6-4-10-24-15/h1-10,20H,11-13H2. The molecule has 1 aromatic carbocycles. The normalized spacial score (nSPS) is 10.5. The molecule has 2 aromatic heterocycles. The Labute approximate surface area is 148 Å². The summed E-state index contributed by atoms with van der Waals surface area (Å²) >= 11 is 3.25. The first-order chi connectivity index (χ1) is 11.7. The van der Waals surface area contributed by atoms with Gasteiger partial charge in [0.15, 0.2) is 18.1 Å². The van der Waals surface area contributed by atoms with Crippen molar-refractivity contribution in [1.82, 2.24) is 4.90 Å². The fourth-order valence-electron chi connectivity index (χ4n) is 2.22. The molecule has 0 unspecified atom stereocenters. The van der Waals surface area contributed by atoms with E-state index in [1.165, 1.54) is 6.07 Å². The van der Waals surface area contributed by atoms with Crippen LogP contribution in [0.15, 0.2) is 59.3 Å². The van der Waals surface area contributed by atoms with Crippen molar-refractivity contribution in [3.8, 4) is 11.5 Å². The Morgan fingerprint density at radius 3 is 2.12 bits per heavy atom. The van der Waals surface area contributed by atoms with Crippen molar-refractivity contribution in [3.63, 3.8) is 0 Å². The molecule has 4 nitrogen and oxygen atoms in total. The van der Waals surface area contributed by atoms with E-state index in [0.29, 0.717) is 18.8 Å². The second-order valence-corrected chi connectivity index (χ2v) is 7.23. The Bertz CT molecular complexity index is 733. The molecule has 0 aliphatic heterocycles. The van der Waals surface area contributed by atoms with E-state index in [-0.39, 0.29) is 18.3 Å². The first kappa shape index (κ1) is 16.5. The Morgan fingerprint density at radius 2 is 1.58 bits per heavy atom. The van der Waals surface area contributed by atoms with Gasteiger partial charge in [-0.15, -0.1) is 22.7 Å². The number of carbonyl (C=O) groups excluding carboxylic acids is 1. The van der Waals surface area contributed by atoms with Crippen LogP contribution in [-0.4, -0.2) is 22.5 Å². The fraction of sp³-hybridized carbons (Fsp3) is 0.167. The molecule has 0 atom stereocenters. The van der Waals surface area contributed by atoms with Crippen molar-refractivity contribution in [3.05, 3.63) is 69.0 Å². The van der Waals surface area contributed by atoms with Crippen LogP contribution in [0, 0.1) is 0 Å². The first-order valence-corrected chi connectivity index (χ1v) is 9.21. The van der Waals surface area contributed by atoms with Gasteiger partial charge in [-0.3, -0.25) is 4.79 Å². The molecule has 24 heavy (non-hydrogen) atoms. The lowest BCUT2D eigenvalue weighted by atomic mass is 10.3. The Morgan fingerprint density at radius 1 is 0.958 bits per heavy atom. The number of benzene rings is 1. The van der Waals surface area contributed by atoms with Gasteiger partial charge in [0.1, 0.15) is 0 Å². The molecule has 0 spiro atoms. The predicted molar refractivity (Wildman–Crippen MR) is 96.5 cm³/mol. The van der Waals surface area contributed by atoms with Crippen LogP contribution >= 0.6 is 22.7 Å². The minimum atomic E-state index is -0.111. The van der Waals surface area contributed by atoms with E-state index in [2.05, 4.69) is 0 Å². The Kier molecular flexibility index (Phi) is 5.51. The van der Waals surface area contributed by atoms with E-state index >= 15 is 0 Å². The SMILES string of the molecule is O=C(COc1ccccc1O)N(Cc1cccs1)Cc1cccs1. The van der Waals surface area contributed by atoms with Crippen molar-refractivity contribution in [1.29, 1.82) is 0 Å². The summed E-state index contributed by atoms with van der Waals surface area (Å²) in [6, 6.07) is 14.6. The van der Waals surface area contributed by atoms with Crippen LogP contribution in [0.25, 0.3) is 0 Å². The quantitative estimate of drug-likeness (QED) is 0.690. The third-order valence-electron chi connectivity index (χ3n) is 3.42. The number of hydrogen-bond acceptors (Lipinski definition) is 5.